The molecule has 2 N–H and O–H groups in total. The van der Waals surface area contributed by atoms with Crippen molar-refractivity contribution in [2.45, 2.75) is 0 Å². The van der Waals surface area contributed by atoms with Gasteiger partial charge in [-0.15, -0.1) is 0 Å². The summed E-state index contributed by atoms with van der Waals surface area (Å²) < 4.78 is 19.6. The van der Waals surface area contributed by atoms with Crippen LogP contribution in [-0.2, 0) is 0 Å². The van der Waals surface area contributed by atoms with E-state index in [0.717, 1.165) is 0 Å². The largest absolute Gasteiger partial charge is 0.453 e. The molecule has 0 bridgehead atoms. The Labute approximate surface area is 111 Å². The van der Waals surface area contributed by atoms with Gasteiger partial charge in [-0.3, -0.25) is 0 Å². The Morgan fingerprint density at radius 3 is 2.47 bits per heavy atom. The summed E-state index contributed by atoms with van der Waals surface area (Å²) >= 11 is 8.94. The van der Waals surface area contributed by atoms with Crippen LogP contribution in [0.3, 0.4) is 0 Å². The number of nitrogens with two attached hydrogens (primary N) is 1. The van der Waals surface area contributed by atoms with Gasteiger partial charge in [0.2, 0.25) is 0 Å². The number of benzene rings is 2. The van der Waals surface area contributed by atoms with Crippen molar-refractivity contribution in [3.05, 3.63) is 51.7 Å². The minimum Gasteiger partial charge on any atom is -0.453 e. The molecule has 0 spiro atoms. The Balaban J connectivity index is 2.31. The second-order valence-electron chi connectivity index (χ2n) is 3.37. The van der Waals surface area contributed by atoms with Gasteiger partial charge in [-0.25, -0.2) is 4.39 Å². The fourth-order valence-corrected chi connectivity index (χ4v) is 1.91. The summed E-state index contributed by atoms with van der Waals surface area (Å²) in [5, 5.41) is 0.325. The van der Waals surface area contributed by atoms with Gasteiger partial charge < -0.3 is 10.5 Å². The first kappa shape index (κ1) is 12.2. The Morgan fingerprint density at radius 1 is 1.12 bits per heavy atom. The lowest BCUT2D eigenvalue weighted by Crippen LogP contribution is -1.91. The van der Waals surface area contributed by atoms with Crippen LogP contribution in [0.25, 0.3) is 0 Å². The third-order valence-electron chi connectivity index (χ3n) is 2.07. The van der Waals surface area contributed by atoms with Crippen molar-refractivity contribution < 1.29 is 9.13 Å². The monoisotopic (exact) mass is 315 g/mol. The predicted molar refractivity (Wildman–Crippen MR) is 70.0 cm³/mol. The highest BCUT2D eigenvalue weighted by Crippen LogP contribution is 2.33. The number of halogens is 3. The van der Waals surface area contributed by atoms with Gasteiger partial charge in [0.1, 0.15) is 5.75 Å². The maximum absolute atomic E-state index is 13.5. The number of rotatable bonds is 2. The zero-order chi connectivity index (χ0) is 12.4. The first-order valence-corrected chi connectivity index (χ1v) is 5.91. The molecule has 0 aromatic heterocycles. The van der Waals surface area contributed by atoms with Crippen LogP contribution in [0.2, 0.25) is 5.02 Å². The molecule has 0 unspecified atom stereocenters. The van der Waals surface area contributed by atoms with Crippen LogP contribution in [0.1, 0.15) is 0 Å². The molecule has 2 aromatic rings. The van der Waals surface area contributed by atoms with Crippen LogP contribution in [0, 0.1) is 5.82 Å². The van der Waals surface area contributed by atoms with Crippen molar-refractivity contribution in [1.82, 2.24) is 0 Å². The van der Waals surface area contributed by atoms with E-state index in [9.17, 15) is 4.39 Å². The highest BCUT2D eigenvalue weighted by molar-refractivity contribution is 9.10. The Morgan fingerprint density at radius 2 is 1.82 bits per heavy atom. The molecule has 0 radical (unpaired) electrons. The predicted octanol–water partition coefficient (Wildman–Crippen LogP) is 4.62. The third-order valence-corrected chi connectivity index (χ3v) is 2.92. The molecule has 0 aliphatic carbocycles. The molecule has 2 rings (SSSR count). The third kappa shape index (κ3) is 2.90. The fraction of sp³-hybridized carbons (Fsp3) is 0. The van der Waals surface area contributed by atoms with E-state index in [2.05, 4.69) is 15.9 Å². The topological polar surface area (TPSA) is 35.2 Å². The number of hydrogen-bond acceptors (Lipinski definition) is 2. The van der Waals surface area contributed by atoms with E-state index in [4.69, 9.17) is 22.1 Å². The Bertz CT molecular complexity index is 513. The SMILES string of the molecule is Nc1ccc(Oc2ccc(Cl)cc2F)c(Br)c1. The number of anilines is 1. The van der Waals surface area contributed by atoms with Crippen LogP contribution in [-0.4, -0.2) is 0 Å². The molecule has 0 saturated heterocycles. The molecular weight excluding hydrogens is 308 g/mol. The highest BCUT2D eigenvalue weighted by Gasteiger charge is 2.08. The van der Waals surface area contributed by atoms with Crippen molar-refractivity contribution in [3.8, 4) is 11.5 Å². The van der Waals surface area contributed by atoms with E-state index in [1.165, 1.54) is 12.1 Å². The van der Waals surface area contributed by atoms with Gasteiger partial charge in [0.05, 0.1) is 4.47 Å². The fourth-order valence-electron chi connectivity index (χ4n) is 1.28. The average molecular weight is 317 g/mol. The van der Waals surface area contributed by atoms with Gasteiger partial charge in [0.25, 0.3) is 0 Å². The maximum Gasteiger partial charge on any atom is 0.167 e. The van der Waals surface area contributed by atoms with Crippen molar-refractivity contribution >= 4 is 33.2 Å². The van der Waals surface area contributed by atoms with E-state index in [1.54, 1.807) is 24.3 Å². The van der Waals surface area contributed by atoms with Crippen LogP contribution in [0.15, 0.2) is 40.9 Å². The van der Waals surface area contributed by atoms with E-state index in [-0.39, 0.29) is 5.75 Å². The number of nitrogen functional groups attached to an aromatic ring is 1. The summed E-state index contributed by atoms with van der Waals surface area (Å²) in [5.74, 6) is 0.0847. The molecule has 0 atom stereocenters. The van der Waals surface area contributed by atoms with Crippen molar-refractivity contribution in [3.63, 3.8) is 0 Å². The van der Waals surface area contributed by atoms with Crippen LogP contribution in [0.4, 0.5) is 10.1 Å². The molecule has 2 aromatic carbocycles. The van der Waals surface area contributed by atoms with Crippen molar-refractivity contribution in [2.75, 3.05) is 5.73 Å². The minimum absolute atomic E-state index is 0.111. The van der Waals surface area contributed by atoms with Gasteiger partial charge in [0, 0.05) is 10.7 Å². The molecule has 0 heterocycles. The normalized spacial score (nSPS) is 10.3. The van der Waals surface area contributed by atoms with Gasteiger partial charge in [-0.05, 0) is 52.3 Å². The maximum atomic E-state index is 13.5. The van der Waals surface area contributed by atoms with Gasteiger partial charge in [0.15, 0.2) is 11.6 Å². The minimum atomic E-state index is -0.513. The van der Waals surface area contributed by atoms with Gasteiger partial charge >= 0.3 is 0 Å². The summed E-state index contributed by atoms with van der Waals surface area (Å²) in [7, 11) is 0. The van der Waals surface area contributed by atoms with Gasteiger partial charge in [-0.2, -0.15) is 0 Å². The Kier molecular flexibility index (Phi) is 3.54. The molecule has 0 saturated carbocycles. The summed E-state index contributed by atoms with van der Waals surface area (Å²) in [6.45, 7) is 0. The van der Waals surface area contributed by atoms with Crippen molar-refractivity contribution in [2.24, 2.45) is 0 Å². The summed E-state index contributed by atoms with van der Waals surface area (Å²) in [5.41, 5.74) is 6.19. The highest BCUT2D eigenvalue weighted by atomic mass is 79.9. The Hall–Kier alpha value is -1.26. The first-order valence-electron chi connectivity index (χ1n) is 4.74. The van der Waals surface area contributed by atoms with E-state index in [0.29, 0.717) is 20.9 Å². The average Bonchev–Trinajstić information content (AvgIpc) is 2.25. The molecule has 0 fully saturated rings. The standard InChI is InChI=1S/C12H8BrClFNO/c13-9-6-8(16)2-4-11(9)17-12-3-1-7(14)5-10(12)15/h1-6H,16H2. The summed E-state index contributed by atoms with van der Waals surface area (Å²) in [6.07, 6.45) is 0. The van der Waals surface area contributed by atoms with Crippen LogP contribution >= 0.6 is 27.5 Å². The molecule has 17 heavy (non-hydrogen) atoms. The molecule has 2 nitrogen and oxygen atoms in total. The molecule has 0 aliphatic heterocycles. The molecular formula is C12H8BrClFNO. The second kappa shape index (κ2) is 4.94. The number of hydrogen-bond donors (Lipinski definition) is 1. The van der Waals surface area contributed by atoms with Crippen molar-refractivity contribution in [1.29, 1.82) is 0 Å². The first-order chi connectivity index (χ1) is 8.06. The molecule has 5 heteroatoms. The lowest BCUT2D eigenvalue weighted by molar-refractivity contribution is 0.440. The smallest absolute Gasteiger partial charge is 0.167 e. The number of ether oxygens (including phenoxy) is 1. The summed E-state index contributed by atoms with van der Waals surface area (Å²) in [6, 6.07) is 9.25. The summed E-state index contributed by atoms with van der Waals surface area (Å²) in [4.78, 5) is 0. The van der Waals surface area contributed by atoms with Crippen LogP contribution in [0.5, 0.6) is 11.5 Å². The quantitative estimate of drug-likeness (QED) is 0.821. The molecule has 0 amide bonds. The molecule has 0 aliphatic rings. The zero-order valence-electron chi connectivity index (χ0n) is 8.58. The van der Waals surface area contributed by atoms with Gasteiger partial charge in [-0.1, -0.05) is 11.6 Å². The van der Waals surface area contributed by atoms with E-state index in [1.807, 2.05) is 0 Å². The lowest BCUT2D eigenvalue weighted by atomic mass is 10.3. The van der Waals surface area contributed by atoms with Crippen LogP contribution < -0.4 is 10.5 Å². The van der Waals surface area contributed by atoms with E-state index >= 15 is 0 Å². The lowest BCUT2D eigenvalue weighted by Gasteiger charge is -2.09. The van der Waals surface area contributed by atoms with E-state index < -0.39 is 5.82 Å². The molecule has 88 valence electrons. The zero-order valence-corrected chi connectivity index (χ0v) is 10.9. The second-order valence-corrected chi connectivity index (χ2v) is 4.66.